The first-order valence-corrected chi connectivity index (χ1v) is 8.72. The van der Waals surface area contributed by atoms with Crippen molar-refractivity contribution in [3.63, 3.8) is 0 Å². The van der Waals surface area contributed by atoms with E-state index in [4.69, 9.17) is 28.9 Å². The highest BCUT2D eigenvalue weighted by molar-refractivity contribution is 7.89. The molecule has 1 fully saturated rings. The van der Waals surface area contributed by atoms with E-state index in [9.17, 15) is 8.42 Å². The second kappa shape index (κ2) is 6.20. The maximum absolute atomic E-state index is 12.6. The summed E-state index contributed by atoms with van der Waals surface area (Å²) in [6.07, 6.45) is 1.78. The van der Waals surface area contributed by atoms with Gasteiger partial charge >= 0.3 is 0 Å². The van der Waals surface area contributed by atoms with Gasteiger partial charge in [0.1, 0.15) is 0 Å². The van der Waals surface area contributed by atoms with Crippen molar-refractivity contribution in [2.75, 3.05) is 13.1 Å². The molecule has 2 rings (SSSR count). The van der Waals surface area contributed by atoms with Gasteiger partial charge in [-0.05, 0) is 43.9 Å². The quantitative estimate of drug-likeness (QED) is 0.922. The third kappa shape index (κ3) is 3.46. The molecule has 7 heteroatoms. The van der Waals surface area contributed by atoms with Crippen molar-refractivity contribution in [2.24, 2.45) is 11.7 Å². The Hall–Kier alpha value is -0.330. The van der Waals surface area contributed by atoms with Crippen molar-refractivity contribution in [2.45, 2.75) is 30.7 Å². The largest absolute Gasteiger partial charge is 0.328 e. The van der Waals surface area contributed by atoms with Crippen molar-refractivity contribution in [3.05, 3.63) is 28.2 Å². The molecule has 1 saturated heterocycles. The highest BCUT2D eigenvalue weighted by Gasteiger charge is 2.31. The molecule has 4 nitrogen and oxygen atoms in total. The Bertz CT molecular complexity index is 570. The van der Waals surface area contributed by atoms with Gasteiger partial charge in [-0.1, -0.05) is 23.2 Å². The maximum atomic E-state index is 12.6. The molecule has 1 heterocycles. The number of nitrogens with two attached hydrogens (primary N) is 1. The third-order valence-electron chi connectivity index (χ3n) is 3.64. The van der Waals surface area contributed by atoms with Gasteiger partial charge in [0.15, 0.2) is 0 Å². The van der Waals surface area contributed by atoms with Crippen LogP contribution in [0.15, 0.2) is 23.1 Å². The van der Waals surface area contributed by atoms with E-state index in [1.54, 1.807) is 0 Å². The zero-order valence-electron chi connectivity index (χ0n) is 11.2. The fourth-order valence-electron chi connectivity index (χ4n) is 2.45. The van der Waals surface area contributed by atoms with Gasteiger partial charge in [-0.25, -0.2) is 8.42 Å². The fraction of sp³-hybridized carbons (Fsp3) is 0.538. The Morgan fingerprint density at radius 1 is 1.30 bits per heavy atom. The predicted molar refractivity (Wildman–Crippen MR) is 81.6 cm³/mol. The van der Waals surface area contributed by atoms with E-state index >= 15 is 0 Å². The van der Waals surface area contributed by atoms with Crippen LogP contribution in [0.4, 0.5) is 0 Å². The van der Waals surface area contributed by atoms with E-state index in [0.29, 0.717) is 23.1 Å². The Morgan fingerprint density at radius 3 is 2.45 bits per heavy atom. The average molecular weight is 337 g/mol. The van der Waals surface area contributed by atoms with Crippen LogP contribution in [0.1, 0.15) is 19.8 Å². The van der Waals surface area contributed by atoms with Gasteiger partial charge in [0.25, 0.3) is 0 Å². The third-order valence-corrected chi connectivity index (χ3v) is 5.92. The summed E-state index contributed by atoms with van der Waals surface area (Å²) in [6.45, 7) is 2.87. The lowest BCUT2D eigenvalue weighted by Gasteiger charge is -2.33. The van der Waals surface area contributed by atoms with Crippen LogP contribution in [-0.4, -0.2) is 31.9 Å². The summed E-state index contributed by atoms with van der Waals surface area (Å²) in [4.78, 5) is 0.139. The number of piperidine rings is 1. The molecule has 2 atom stereocenters. The summed E-state index contributed by atoms with van der Waals surface area (Å²) < 4.78 is 26.7. The van der Waals surface area contributed by atoms with Crippen molar-refractivity contribution in [3.8, 4) is 0 Å². The number of hydrogen-bond donors (Lipinski definition) is 1. The Labute approximate surface area is 129 Å². The van der Waals surface area contributed by atoms with Gasteiger partial charge in [0.2, 0.25) is 10.0 Å². The summed E-state index contributed by atoms with van der Waals surface area (Å²) in [5, 5.41) is 0.633. The van der Waals surface area contributed by atoms with E-state index in [1.165, 1.54) is 22.5 Å². The molecule has 1 aliphatic heterocycles. The summed E-state index contributed by atoms with van der Waals surface area (Å²) in [6, 6.07) is 4.36. The van der Waals surface area contributed by atoms with Gasteiger partial charge in [0, 0.05) is 29.2 Å². The van der Waals surface area contributed by atoms with Crippen molar-refractivity contribution in [1.82, 2.24) is 4.31 Å². The minimum absolute atomic E-state index is 0.0176. The summed E-state index contributed by atoms with van der Waals surface area (Å²) in [5.74, 6) is 0.188. The lowest BCUT2D eigenvalue weighted by molar-refractivity contribution is 0.243. The van der Waals surface area contributed by atoms with Gasteiger partial charge in [-0.2, -0.15) is 4.31 Å². The number of rotatable bonds is 3. The highest BCUT2D eigenvalue weighted by atomic mass is 35.5. The molecule has 1 aromatic carbocycles. The first kappa shape index (κ1) is 16.0. The second-order valence-corrected chi connectivity index (χ2v) is 8.04. The molecule has 0 saturated carbocycles. The van der Waals surface area contributed by atoms with Crippen LogP contribution < -0.4 is 5.73 Å². The summed E-state index contributed by atoms with van der Waals surface area (Å²) >= 11 is 11.8. The van der Waals surface area contributed by atoms with Crippen LogP contribution in [0.25, 0.3) is 0 Å². The van der Waals surface area contributed by atoms with E-state index in [1.807, 2.05) is 6.92 Å². The van der Waals surface area contributed by atoms with Crippen LogP contribution >= 0.6 is 23.2 Å². The Kier molecular flexibility index (Phi) is 4.97. The minimum atomic E-state index is -3.56. The number of nitrogens with zero attached hydrogens (tertiary/aromatic N) is 1. The molecule has 1 aromatic rings. The molecule has 20 heavy (non-hydrogen) atoms. The van der Waals surface area contributed by atoms with Crippen LogP contribution in [0, 0.1) is 5.92 Å². The first-order valence-electron chi connectivity index (χ1n) is 6.52. The molecule has 2 N–H and O–H groups in total. The molecule has 0 bridgehead atoms. The maximum Gasteiger partial charge on any atom is 0.243 e. The highest BCUT2D eigenvalue weighted by Crippen LogP contribution is 2.28. The lowest BCUT2D eigenvalue weighted by Crippen LogP contribution is -2.44. The topological polar surface area (TPSA) is 63.4 Å². The second-order valence-electron chi connectivity index (χ2n) is 5.23. The van der Waals surface area contributed by atoms with E-state index in [0.717, 1.165) is 12.8 Å². The lowest BCUT2D eigenvalue weighted by atomic mass is 9.93. The Balaban J connectivity index is 2.30. The molecule has 0 aromatic heterocycles. The standard InChI is InChI=1S/C13H18Cl2N2O2S/c1-9(16)10-3-2-4-17(8-10)20(18,19)13-6-11(14)5-12(15)7-13/h5-7,9-10H,2-4,8,16H2,1H3. The Morgan fingerprint density at radius 2 is 1.90 bits per heavy atom. The number of halogens is 2. The SMILES string of the molecule is CC(N)C1CCCN(S(=O)(=O)c2cc(Cl)cc(Cl)c2)C1. The van der Waals surface area contributed by atoms with Gasteiger partial charge in [-0.3, -0.25) is 0 Å². The van der Waals surface area contributed by atoms with Gasteiger partial charge in [0.05, 0.1) is 4.90 Å². The van der Waals surface area contributed by atoms with E-state index in [-0.39, 0.29) is 16.9 Å². The van der Waals surface area contributed by atoms with Gasteiger partial charge in [-0.15, -0.1) is 0 Å². The van der Waals surface area contributed by atoms with Gasteiger partial charge < -0.3 is 5.73 Å². The minimum Gasteiger partial charge on any atom is -0.328 e. The molecule has 0 amide bonds. The summed E-state index contributed by atoms with van der Waals surface area (Å²) in [7, 11) is -3.56. The van der Waals surface area contributed by atoms with E-state index < -0.39 is 10.0 Å². The molecular weight excluding hydrogens is 319 g/mol. The summed E-state index contributed by atoms with van der Waals surface area (Å²) in [5.41, 5.74) is 5.90. The molecular formula is C13H18Cl2N2O2S. The van der Waals surface area contributed by atoms with Crippen molar-refractivity contribution >= 4 is 33.2 Å². The van der Waals surface area contributed by atoms with Crippen LogP contribution in [0.2, 0.25) is 10.0 Å². The van der Waals surface area contributed by atoms with Crippen LogP contribution in [0.5, 0.6) is 0 Å². The zero-order valence-corrected chi connectivity index (χ0v) is 13.5. The molecule has 112 valence electrons. The smallest absolute Gasteiger partial charge is 0.243 e. The monoisotopic (exact) mass is 336 g/mol. The molecule has 2 unspecified atom stereocenters. The average Bonchev–Trinajstić information content (AvgIpc) is 2.37. The number of hydrogen-bond acceptors (Lipinski definition) is 3. The normalized spacial score (nSPS) is 22.7. The first-order chi connectivity index (χ1) is 9.30. The molecule has 0 aliphatic carbocycles. The fourth-order valence-corrected chi connectivity index (χ4v) is 4.71. The van der Waals surface area contributed by atoms with Crippen LogP contribution in [-0.2, 0) is 10.0 Å². The van der Waals surface area contributed by atoms with Crippen molar-refractivity contribution < 1.29 is 8.42 Å². The molecule has 1 aliphatic rings. The number of benzene rings is 1. The zero-order chi connectivity index (χ0) is 14.9. The predicted octanol–water partition coefficient (Wildman–Crippen LogP) is 2.74. The van der Waals surface area contributed by atoms with Crippen molar-refractivity contribution in [1.29, 1.82) is 0 Å². The molecule has 0 spiro atoms. The van der Waals surface area contributed by atoms with Crippen LogP contribution in [0.3, 0.4) is 0 Å². The molecule has 0 radical (unpaired) electrons. The van der Waals surface area contributed by atoms with E-state index in [2.05, 4.69) is 0 Å². The number of sulfonamides is 1.